The molecule has 1 aromatic carbocycles. The molecular formula is C12H7Br2NO4. The van der Waals surface area contributed by atoms with Crippen LogP contribution in [-0.2, 0) is 0 Å². The molecule has 0 unspecified atom stereocenters. The number of halogens is 2. The van der Waals surface area contributed by atoms with Crippen molar-refractivity contribution in [2.24, 2.45) is 0 Å². The molecule has 0 saturated carbocycles. The van der Waals surface area contributed by atoms with E-state index in [1.165, 1.54) is 24.3 Å². The molecular weight excluding hydrogens is 382 g/mol. The minimum atomic E-state index is -1.03. The summed E-state index contributed by atoms with van der Waals surface area (Å²) in [7, 11) is 0. The summed E-state index contributed by atoms with van der Waals surface area (Å²) in [6.07, 6.45) is 0. The van der Waals surface area contributed by atoms with Crippen molar-refractivity contribution < 1.29 is 19.1 Å². The number of carboxylic acids is 1. The van der Waals surface area contributed by atoms with Gasteiger partial charge in [0.2, 0.25) is 0 Å². The summed E-state index contributed by atoms with van der Waals surface area (Å²) in [5.41, 5.74) is 0.591. The van der Waals surface area contributed by atoms with Crippen LogP contribution in [0.5, 0.6) is 0 Å². The van der Waals surface area contributed by atoms with Gasteiger partial charge in [-0.3, -0.25) is 4.79 Å². The SMILES string of the molecule is O=C(O)c1ccc(NC(=O)c2ccc(Br)o2)c(Br)c1. The van der Waals surface area contributed by atoms with Crippen molar-refractivity contribution in [3.63, 3.8) is 0 Å². The van der Waals surface area contributed by atoms with Crippen molar-refractivity contribution in [2.45, 2.75) is 0 Å². The number of carbonyl (C=O) groups excluding carboxylic acids is 1. The molecule has 2 aromatic rings. The van der Waals surface area contributed by atoms with Gasteiger partial charge in [0, 0.05) is 4.47 Å². The Labute approximate surface area is 124 Å². The second kappa shape index (κ2) is 5.58. The summed E-state index contributed by atoms with van der Waals surface area (Å²) in [6, 6.07) is 7.45. The summed E-state index contributed by atoms with van der Waals surface area (Å²) in [5.74, 6) is -1.30. The van der Waals surface area contributed by atoms with Gasteiger partial charge < -0.3 is 14.8 Å². The quantitative estimate of drug-likeness (QED) is 0.838. The lowest BCUT2D eigenvalue weighted by Gasteiger charge is -2.06. The number of amides is 1. The first-order chi connectivity index (χ1) is 8.97. The summed E-state index contributed by atoms with van der Waals surface area (Å²) >= 11 is 6.31. The van der Waals surface area contributed by atoms with E-state index in [4.69, 9.17) is 9.52 Å². The van der Waals surface area contributed by atoms with E-state index in [9.17, 15) is 9.59 Å². The first-order valence-electron chi connectivity index (χ1n) is 5.07. The van der Waals surface area contributed by atoms with Gasteiger partial charge in [-0.05, 0) is 62.2 Å². The molecule has 0 aliphatic heterocycles. The van der Waals surface area contributed by atoms with Gasteiger partial charge in [0.25, 0.3) is 5.91 Å². The molecule has 0 fully saturated rings. The van der Waals surface area contributed by atoms with Crippen LogP contribution in [0.4, 0.5) is 5.69 Å². The Morgan fingerprint density at radius 1 is 1.16 bits per heavy atom. The number of benzene rings is 1. The van der Waals surface area contributed by atoms with E-state index in [1.54, 1.807) is 6.07 Å². The van der Waals surface area contributed by atoms with Crippen LogP contribution in [0.1, 0.15) is 20.9 Å². The predicted molar refractivity (Wildman–Crippen MR) is 75.5 cm³/mol. The third-order valence-corrected chi connectivity index (χ3v) is 3.34. The molecule has 19 heavy (non-hydrogen) atoms. The van der Waals surface area contributed by atoms with Crippen LogP contribution in [0.15, 0.2) is 43.9 Å². The topological polar surface area (TPSA) is 79.5 Å². The maximum Gasteiger partial charge on any atom is 0.335 e. The van der Waals surface area contributed by atoms with Crippen LogP contribution in [0.2, 0.25) is 0 Å². The van der Waals surface area contributed by atoms with Gasteiger partial charge in [-0.2, -0.15) is 0 Å². The largest absolute Gasteiger partial charge is 0.478 e. The molecule has 0 bridgehead atoms. The van der Waals surface area contributed by atoms with Gasteiger partial charge in [0.1, 0.15) is 0 Å². The highest BCUT2D eigenvalue weighted by atomic mass is 79.9. The smallest absolute Gasteiger partial charge is 0.335 e. The summed E-state index contributed by atoms with van der Waals surface area (Å²) in [6.45, 7) is 0. The number of hydrogen-bond acceptors (Lipinski definition) is 3. The summed E-state index contributed by atoms with van der Waals surface area (Å²) in [4.78, 5) is 22.6. The monoisotopic (exact) mass is 387 g/mol. The fourth-order valence-electron chi connectivity index (χ4n) is 1.37. The van der Waals surface area contributed by atoms with Crippen LogP contribution < -0.4 is 5.32 Å². The van der Waals surface area contributed by atoms with E-state index in [1.807, 2.05) is 0 Å². The Kier molecular flexibility index (Phi) is 4.06. The summed E-state index contributed by atoms with van der Waals surface area (Å²) in [5, 5.41) is 11.4. The van der Waals surface area contributed by atoms with Crippen LogP contribution >= 0.6 is 31.9 Å². The average molecular weight is 389 g/mol. The number of nitrogens with one attached hydrogen (secondary N) is 1. The van der Waals surface area contributed by atoms with E-state index in [-0.39, 0.29) is 11.3 Å². The van der Waals surface area contributed by atoms with Gasteiger partial charge in [0.15, 0.2) is 10.4 Å². The van der Waals surface area contributed by atoms with Crippen molar-refractivity contribution >= 4 is 49.4 Å². The van der Waals surface area contributed by atoms with E-state index in [2.05, 4.69) is 37.2 Å². The molecule has 1 aromatic heterocycles. The van der Waals surface area contributed by atoms with E-state index in [0.717, 1.165) is 0 Å². The number of carbonyl (C=O) groups is 2. The third kappa shape index (κ3) is 3.24. The van der Waals surface area contributed by atoms with Crippen LogP contribution in [0.25, 0.3) is 0 Å². The first kappa shape index (κ1) is 13.8. The van der Waals surface area contributed by atoms with Gasteiger partial charge in [-0.15, -0.1) is 0 Å². The van der Waals surface area contributed by atoms with Crippen molar-refractivity contribution in [3.05, 3.63) is 50.8 Å². The lowest BCUT2D eigenvalue weighted by molar-refractivity contribution is 0.0696. The van der Waals surface area contributed by atoms with Crippen LogP contribution in [0, 0.1) is 0 Å². The van der Waals surface area contributed by atoms with E-state index >= 15 is 0 Å². The minimum absolute atomic E-state index is 0.130. The van der Waals surface area contributed by atoms with Crippen LogP contribution in [0.3, 0.4) is 0 Å². The number of anilines is 1. The zero-order valence-electron chi connectivity index (χ0n) is 9.31. The van der Waals surface area contributed by atoms with Crippen molar-refractivity contribution in [3.8, 4) is 0 Å². The summed E-state index contributed by atoms with van der Waals surface area (Å²) < 4.78 is 6.05. The highest BCUT2D eigenvalue weighted by Crippen LogP contribution is 2.25. The van der Waals surface area contributed by atoms with Gasteiger partial charge in [-0.25, -0.2) is 4.79 Å². The van der Waals surface area contributed by atoms with Crippen LogP contribution in [-0.4, -0.2) is 17.0 Å². The Morgan fingerprint density at radius 3 is 2.42 bits per heavy atom. The number of hydrogen-bond donors (Lipinski definition) is 2. The predicted octanol–water partition coefficient (Wildman–Crippen LogP) is 3.76. The second-order valence-electron chi connectivity index (χ2n) is 3.56. The van der Waals surface area contributed by atoms with E-state index < -0.39 is 11.9 Å². The molecule has 1 amide bonds. The fourth-order valence-corrected chi connectivity index (χ4v) is 2.15. The zero-order chi connectivity index (χ0) is 14.0. The molecule has 0 saturated heterocycles. The van der Waals surface area contributed by atoms with Crippen molar-refractivity contribution in [2.75, 3.05) is 5.32 Å². The standard InChI is InChI=1S/C12H7Br2NO4/c13-7-5-6(12(17)18)1-2-8(7)15-11(16)9-3-4-10(14)19-9/h1-5H,(H,15,16)(H,17,18). The van der Waals surface area contributed by atoms with Crippen molar-refractivity contribution in [1.29, 1.82) is 0 Å². The molecule has 2 rings (SSSR count). The number of aromatic carboxylic acids is 1. The lowest BCUT2D eigenvalue weighted by atomic mass is 10.2. The second-order valence-corrected chi connectivity index (χ2v) is 5.19. The lowest BCUT2D eigenvalue weighted by Crippen LogP contribution is -2.11. The average Bonchev–Trinajstić information content (AvgIpc) is 2.78. The molecule has 7 heteroatoms. The minimum Gasteiger partial charge on any atom is -0.478 e. The zero-order valence-corrected chi connectivity index (χ0v) is 12.5. The number of carboxylic acid groups (broad SMARTS) is 1. The number of rotatable bonds is 3. The molecule has 2 N–H and O–H groups in total. The Balaban J connectivity index is 2.20. The third-order valence-electron chi connectivity index (χ3n) is 2.26. The molecule has 0 atom stereocenters. The highest BCUT2D eigenvalue weighted by molar-refractivity contribution is 9.10. The Bertz CT molecular complexity index is 651. The Hall–Kier alpha value is -1.60. The van der Waals surface area contributed by atoms with Gasteiger partial charge in [-0.1, -0.05) is 0 Å². The normalized spacial score (nSPS) is 10.2. The molecule has 5 nitrogen and oxygen atoms in total. The number of furan rings is 1. The molecule has 0 radical (unpaired) electrons. The molecule has 0 spiro atoms. The van der Waals surface area contributed by atoms with Crippen molar-refractivity contribution in [1.82, 2.24) is 0 Å². The highest BCUT2D eigenvalue weighted by Gasteiger charge is 2.13. The molecule has 98 valence electrons. The van der Waals surface area contributed by atoms with Gasteiger partial charge >= 0.3 is 5.97 Å². The fraction of sp³-hybridized carbons (Fsp3) is 0. The Morgan fingerprint density at radius 2 is 1.89 bits per heavy atom. The maximum atomic E-state index is 11.8. The first-order valence-corrected chi connectivity index (χ1v) is 6.65. The maximum absolute atomic E-state index is 11.8. The molecule has 0 aliphatic carbocycles. The van der Waals surface area contributed by atoms with Gasteiger partial charge in [0.05, 0.1) is 11.3 Å². The van der Waals surface area contributed by atoms with E-state index in [0.29, 0.717) is 14.8 Å². The molecule has 0 aliphatic rings. The molecule has 1 heterocycles.